The number of nitro benzene ring substituents is 1. The number of halogens is 2. The number of hydrogen-bond acceptors (Lipinski definition) is 4. The Kier molecular flexibility index (Phi) is 5.27. The third-order valence-corrected chi connectivity index (χ3v) is 4.44. The molecule has 3 N–H and O–H groups in total. The van der Waals surface area contributed by atoms with Crippen LogP contribution >= 0.6 is 11.6 Å². The van der Waals surface area contributed by atoms with Gasteiger partial charge < -0.3 is 16.0 Å². The highest BCUT2D eigenvalue weighted by atomic mass is 35.5. The van der Waals surface area contributed by atoms with Crippen molar-refractivity contribution in [2.75, 3.05) is 5.32 Å². The quantitative estimate of drug-likeness (QED) is 0.533. The normalized spacial score (nSPS) is 16.2. The van der Waals surface area contributed by atoms with Gasteiger partial charge in [-0.05, 0) is 42.8 Å². The first-order chi connectivity index (χ1) is 13.3. The van der Waals surface area contributed by atoms with E-state index in [1.165, 1.54) is 49.4 Å². The fraction of sp³-hybridized carbons (Fsp3) is 0.111. The van der Waals surface area contributed by atoms with Crippen LogP contribution in [-0.4, -0.2) is 16.9 Å². The number of carbonyl (C=O) groups excluding carboxylic acids is 2. The van der Waals surface area contributed by atoms with Crippen LogP contribution in [0.3, 0.4) is 0 Å². The van der Waals surface area contributed by atoms with E-state index in [9.17, 15) is 24.1 Å². The van der Waals surface area contributed by atoms with E-state index in [2.05, 4.69) is 16.0 Å². The van der Waals surface area contributed by atoms with Gasteiger partial charge in [0.25, 0.3) is 11.6 Å². The van der Waals surface area contributed by atoms with Gasteiger partial charge in [-0.3, -0.25) is 14.9 Å². The number of urea groups is 1. The van der Waals surface area contributed by atoms with Crippen molar-refractivity contribution in [2.45, 2.75) is 13.0 Å². The SMILES string of the molecule is CC1=C(C(=O)Nc2ccc(F)cc2)C(c2ccc(Cl)c([N+](=O)[O-])c2)NC(=O)N1. The summed E-state index contributed by atoms with van der Waals surface area (Å²) in [6.45, 7) is 1.54. The lowest BCUT2D eigenvalue weighted by Crippen LogP contribution is -2.46. The first kappa shape index (κ1) is 19.3. The Labute approximate surface area is 163 Å². The summed E-state index contributed by atoms with van der Waals surface area (Å²) in [6, 6.07) is 7.69. The Hall–Kier alpha value is -3.46. The van der Waals surface area contributed by atoms with Crippen molar-refractivity contribution < 1.29 is 18.9 Å². The highest BCUT2D eigenvalue weighted by molar-refractivity contribution is 6.32. The maximum Gasteiger partial charge on any atom is 0.319 e. The number of nitro groups is 1. The number of amides is 3. The van der Waals surface area contributed by atoms with E-state index in [0.717, 1.165) is 0 Å². The summed E-state index contributed by atoms with van der Waals surface area (Å²) in [5.41, 5.74) is 0.758. The second kappa shape index (κ2) is 7.65. The third-order valence-electron chi connectivity index (χ3n) is 4.12. The lowest BCUT2D eigenvalue weighted by atomic mass is 9.94. The zero-order valence-corrected chi connectivity index (χ0v) is 15.2. The fourth-order valence-corrected chi connectivity index (χ4v) is 3.01. The van der Waals surface area contributed by atoms with Crippen molar-refractivity contribution >= 4 is 34.9 Å². The Balaban J connectivity index is 1.99. The minimum atomic E-state index is -0.940. The van der Waals surface area contributed by atoms with Crippen molar-refractivity contribution in [1.29, 1.82) is 0 Å². The zero-order valence-electron chi connectivity index (χ0n) is 14.5. The topological polar surface area (TPSA) is 113 Å². The summed E-state index contributed by atoms with van der Waals surface area (Å²) < 4.78 is 13.1. The van der Waals surface area contributed by atoms with Crippen LogP contribution in [0, 0.1) is 15.9 Å². The summed E-state index contributed by atoms with van der Waals surface area (Å²) >= 11 is 5.84. The fourth-order valence-electron chi connectivity index (χ4n) is 2.83. The lowest BCUT2D eigenvalue weighted by Gasteiger charge is -2.28. The van der Waals surface area contributed by atoms with Gasteiger partial charge in [0.05, 0.1) is 16.5 Å². The van der Waals surface area contributed by atoms with Gasteiger partial charge in [0.15, 0.2) is 0 Å². The molecule has 8 nitrogen and oxygen atoms in total. The van der Waals surface area contributed by atoms with Crippen LogP contribution in [0.5, 0.6) is 0 Å². The molecule has 1 heterocycles. The molecule has 0 bridgehead atoms. The van der Waals surface area contributed by atoms with Gasteiger partial charge in [-0.1, -0.05) is 17.7 Å². The molecule has 0 fully saturated rings. The van der Waals surface area contributed by atoms with Crippen LogP contribution < -0.4 is 16.0 Å². The van der Waals surface area contributed by atoms with Gasteiger partial charge in [-0.25, -0.2) is 9.18 Å². The van der Waals surface area contributed by atoms with Gasteiger partial charge in [-0.15, -0.1) is 0 Å². The van der Waals surface area contributed by atoms with E-state index in [1.807, 2.05) is 0 Å². The molecule has 1 atom stereocenters. The number of nitrogens with zero attached hydrogens (tertiary/aromatic N) is 1. The average molecular weight is 405 g/mol. The molecule has 1 aliphatic heterocycles. The summed E-state index contributed by atoms with van der Waals surface area (Å²) in [4.78, 5) is 35.3. The monoisotopic (exact) mass is 404 g/mol. The van der Waals surface area contributed by atoms with Gasteiger partial charge in [0, 0.05) is 17.5 Å². The highest BCUT2D eigenvalue weighted by Crippen LogP contribution is 2.33. The van der Waals surface area contributed by atoms with E-state index >= 15 is 0 Å². The first-order valence-corrected chi connectivity index (χ1v) is 8.43. The average Bonchev–Trinajstić information content (AvgIpc) is 2.63. The van der Waals surface area contributed by atoms with Crippen LogP contribution in [0.2, 0.25) is 5.02 Å². The molecule has 0 aromatic heterocycles. The van der Waals surface area contributed by atoms with Crippen LogP contribution in [0.15, 0.2) is 53.7 Å². The molecular weight excluding hydrogens is 391 g/mol. The first-order valence-electron chi connectivity index (χ1n) is 8.05. The Morgan fingerprint density at radius 1 is 1.25 bits per heavy atom. The summed E-state index contributed by atoms with van der Waals surface area (Å²) in [7, 11) is 0. The largest absolute Gasteiger partial charge is 0.327 e. The number of benzene rings is 2. The van der Waals surface area contributed by atoms with Crippen molar-refractivity contribution in [3.05, 3.63) is 80.3 Å². The third kappa shape index (κ3) is 3.94. The maximum atomic E-state index is 13.1. The number of nitrogens with one attached hydrogen (secondary N) is 3. The molecule has 3 rings (SSSR count). The summed E-state index contributed by atoms with van der Waals surface area (Å²) in [6.07, 6.45) is 0. The van der Waals surface area contributed by atoms with Crippen LogP contribution in [0.4, 0.5) is 20.6 Å². The highest BCUT2D eigenvalue weighted by Gasteiger charge is 2.32. The van der Waals surface area contributed by atoms with Gasteiger partial charge in [0.2, 0.25) is 0 Å². The van der Waals surface area contributed by atoms with Gasteiger partial charge in [-0.2, -0.15) is 0 Å². The molecule has 0 saturated heterocycles. The molecule has 0 aliphatic carbocycles. The molecule has 3 amide bonds. The number of allylic oxidation sites excluding steroid dienone is 1. The molecule has 144 valence electrons. The molecule has 0 spiro atoms. The van der Waals surface area contributed by atoms with Crippen molar-refractivity contribution in [3.63, 3.8) is 0 Å². The van der Waals surface area contributed by atoms with Crippen molar-refractivity contribution in [2.24, 2.45) is 0 Å². The molecule has 10 heteroatoms. The molecule has 2 aromatic rings. The van der Waals surface area contributed by atoms with E-state index in [1.54, 1.807) is 0 Å². The standard InChI is InChI=1S/C18H14ClFN4O4/c1-9-15(17(25)22-12-5-3-11(20)4-6-12)16(23-18(26)21-9)10-2-7-13(19)14(8-10)24(27)28/h2-8,16H,1H3,(H,22,25)(H2,21,23,26). The number of carbonyl (C=O) groups is 2. The molecule has 0 radical (unpaired) electrons. The van der Waals surface area contributed by atoms with Gasteiger partial charge >= 0.3 is 6.03 Å². The molecule has 0 saturated carbocycles. The number of anilines is 1. The Morgan fingerprint density at radius 3 is 2.57 bits per heavy atom. The van der Waals surface area contributed by atoms with Crippen LogP contribution in [-0.2, 0) is 4.79 Å². The number of hydrogen-bond donors (Lipinski definition) is 3. The minimum absolute atomic E-state index is 0.0629. The molecule has 1 unspecified atom stereocenters. The van der Waals surface area contributed by atoms with Crippen LogP contribution in [0.1, 0.15) is 18.5 Å². The molecule has 1 aliphatic rings. The predicted molar refractivity (Wildman–Crippen MR) is 100 cm³/mol. The van der Waals surface area contributed by atoms with Gasteiger partial charge in [0.1, 0.15) is 10.8 Å². The Bertz CT molecular complexity index is 1010. The van der Waals surface area contributed by atoms with E-state index in [4.69, 9.17) is 11.6 Å². The van der Waals surface area contributed by atoms with E-state index < -0.39 is 28.7 Å². The van der Waals surface area contributed by atoms with E-state index in [0.29, 0.717) is 11.3 Å². The minimum Gasteiger partial charge on any atom is -0.327 e. The molecule has 2 aromatic carbocycles. The second-order valence-corrected chi connectivity index (χ2v) is 6.41. The molecule has 28 heavy (non-hydrogen) atoms. The zero-order chi connectivity index (χ0) is 20.4. The lowest BCUT2D eigenvalue weighted by molar-refractivity contribution is -0.384. The molecular formula is C18H14ClFN4O4. The van der Waals surface area contributed by atoms with E-state index in [-0.39, 0.29) is 22.0 Å². The smallest absolute Gasteiger partial charge is 0.319 e. The van der Waals surface area contributed by atoms with Crippen LogP contribution in [0.25, 0.3) is 0 Å². The number of rotatable bonds is 4. The second-order valence-electron chi connectivity index (χ2n) is 6.00. The summed E-state index contributed by atoms with van der Waals surface area (Å²) in [5, 5.41) is 18.8. The van der Waals surface area contributed by atoms with Crippen molar-refractivity contribution in [1.82, 2.24) is 10.6 Å². The van der Waals surface area contributed by atoms with Crippen molar-refractivity contribution in [3.8, 4) is 0 Å². The Morgan fingerprint density at radius 2 is 1.93 bits per heavy atom. The predicted octanol–water partition coefficient (Wildman–Crippen LogP) is 3.65. The summed E-state index contributed by atoms with van der Waals surface area (Å²) in [5.74, 6) is -1.01. The maximum absolute atomic E-state index is 13.1.